The Morgan fingerprint density at radius 3 is 2.25 bits per heavy atom. The van der Waals surface area contributed by atoms with Gasteiger partial charge in [0.25, 0.3) is 5.91 Å². The molecule has 0 fully saturated rings. The summed E-state index contributed by atoms with van der Waals surface area (Å²) >= 11 is 0. The molecule has 4 aromatic rings. The van der Waals surface area contributed by atoms with Gasteiger partial charge in [-0.05, 0) is 54.6 Å². The largest absolute Gasteiger partial charge is 0.495 e. The van der Waals surface area contributed by atoms with Crippen LogP contribution in [0.15, 0.2) is 65.1 Å². The Bertz CT molecular complexity index is 1400. The molecule has 1 heterocycles. The Morgan fingerprint density at radius 1 is 1.06 bits per heavy atom. The van der Waals surface area contributed by atoms with E-state index >= 15 is 0 Å². The SMILES string of the molecule is CNC(=O)c1c(-c2ccc(Oc3ccc(F)cc3)cc2)oc2cc(N(CC[NH3+])C(C)=O)c(OC)cc12. The van der Waals surface area contributed by atoms with E-state index in [9.17, 15) is 14.0 Å². The number of anilines is 1. The van der Waals surface area contributed by atoms with E-state index in [4.69, 9.17) is 13.9 Å². The number of furan rings is 1. The van der Waals surface area contributed by atoms with E-state index in [1.54, 1.807) is 48.3 Å². The standard InChI is InChI=1S/C27H26FN3O5/c1-16(32)31(13-12-29)22-15-23-21(14-24(22)34-3)25(27(33)30-2)26(36-23)17-4-8-19(9-5-17)35-20-10-6-18(28)7-11-20/h4-11,14-15H,12-13,29H2,1-3H3,(H,30,33)/p+1. The van der Waals surface area contributed by atoms with E-state index in [0.29, 0.717) is 63.9 Å². The molecule has 0 bridgehead atoms. The van der Waals surface area contributed by atoms with Crippen molar-refractivity contribution in [2.45, 2.75) is 6.92 Å². The molecular formula is C27H27FN3O5+. The number of halogens is 1. The van der Waals surface area contributed by atoms with Gasteiger partial charge in [-0.1, -0.05) is 0 Å². The Kier molecular flexibility index (Phi) is 7.21. The highest BCUT2D eigenvalue weighted by Gasteiger charge is 2.25. The Morgan fingerprint density at radius 2 is 1.69 bits per heavy atom. The molecule has 4 rings (SSSR count). The molecule has 9 heteroatoms. The lowest BCUT2D eigenvalue weighted by atomic mass is 10.0. The first-order chi connectivity index (χ1) is 17.4. The van der Waals surface area contributed by atoms with Crippen molar-refractivity contribution in [1.29, 1.82) is 0 Å². The quantitative estimate of drug-likeness (QED) is 0.387. The third kappa shape index (κ3) is 4.87. The summed E-state index contributed by atoms with van der Waals surface area (Å²) in [6, 6.07) is 16.1. The van der Waals surface area contributed by atoms with Gasteiger partial charge in [-0.2, -0.15) is 0 Å². The molecule has 0 aliphatic carbocycles. The molecular weight excluding hydrogens is 465 g/mol. The summed E-state index contributed by atoms with van der Waals surface area (Å²) in [7, 11) is 3.05. The summed E-state index contributed by atoms with van der Waals surface area (Å²) in [6.45, 7) is 2.39. The number of benzene rings is 3. The van der Waals surface area contributed by atoms with Crippen molar-refractivity contribution in [3.8, 4) is 28.6 Å². The number of carbonyl (C=O) groups is 2. The summed E-state index contributed by atoms with van der Waals surface area (Å²) < 4.78 is 30.7. The molecule has 0 radical (unpaired) electrons. The molecule has 1 aromatic heterocycles. The molecule has 0 unspecified atom stereocenters. The first-order valence-electron chi connectivity index (χ1n) is 11.3. The highest BCUT2D eigenvalue weighted by Crippen LogP contribution is 2.40. The average molecular weight is 493 g/mol. The predicted octanol–water partition coefficient (Wildman–Crippen LogP) is 3.99. The van der Waals surface area contributed by atoms with Crippen molar-refractivity contribution in [1.82, 2.24) is 5.32 Å². The minimum Gasteiger partial charge on any atom is -0.495 e. The smallest absolute Gasteiger partial charge is 0.255 e. The van der Waals surface area contributed by atoms with E-state index in [1.807, 2.05) is 0 Å². The van der Waals surface area contributed by atoms with E-state index in [2.05, 4.69) is 11.1 Å². The molecule has 8 nitrogen and oxygen atoms in total. The van der Waals surface area contributed by atoms with Crippen LogP contribution in [0.25, 0.3) is 22.3 Å². The number of nitrogens with zero attached hydrogens (tertiary/aromatic N) is 1. The fraction of sp³-hybridized carbons (Fsp3) is 0.185. The van der Waals surface area contributed by atoms with Crippen LogP contribution in [-0.4, -0.2) is 39.1 Å². The molecule has 3 aromatic carbocycles. The summed E-state index contributed by atoms with van der Waals surface area (Å²) in [4.78, 5) is 26.8. The van der Waals surface area contributed by atoms with Crippen molar-refractivity contribution in [3.05, 3.63) is 72.0 Å². The number of ether oxygens (including phenoxy) is 2. The minimum atomic E-state index is -0.345. The van der Waals surface area contributed by atoms with Gasteiger partial charge in [0, 0.05) is 31.0 Å². The fourth-order valence-electron chi connectivity index (χ4n) is 3.96. The third-order valence-electron chi connectivity index (χ3n) is 5.66. The second kappa shape index (κ2) is 10.5. The normalized spacial score (nSPS) is 10.8. The topological polar surface area (TPSA) is 109 Å². The van der Waals surface area contributed by atoms with Gasteiger partial charge in [-0.15, -0.1) is 0 Å². The molecule has 0 spiro atoms. The Labute approximate surface area is 207 Å². The van der Waals surface area contributed by atoms with Crippen molar-refractivity contribution < 1.29 is 33.6 Å². The maximum Gasteiger partial charge on any atom is 0.255 e. The monoisotopic (exact) mass is 492 g/mol. The molecule has 0 saturated carbocycles. The number of fused-ring (bicyclic) bond motifs is 1. The zero-order chi connectivity index (χ0) is 25.8. The van der Waals surface area contributed by atoms with Crippen LogP contribution in [0.2, 0.25) is 0 Å². The molecule has 0 aliphatic rings. The van der Waals surface area contributed by atoms with Crippen LogP contribution in [0.1, 0.15) is 17.3 Å². The van der Waals surface area contributed by atoms with E-state index in [1.165, 1.54) is 38.3 Å². The van der Waals surface area contributed by atoms with Crippen molar-refractivity contribution in [2.75, 3.05) is 32.1 Å². The number of nitrogens with one attached hydrogen (secondary N) is 1. The fourth-order valence-corrected chi connectivity index (χ4v) is 3.96. The van der Waals surface area contributed by atoms with Crippen LogP contribution in [0.5, 0.6) is 17.2 Å². The Balaban J connectivity index is 1.79. The molecule has 186 valence electrons. The number of carbonyl (C=O) groups excluding carboxylic acids is 2. The van der Waals surface area contributed by atoms with Gasteiger partial charge < -0.3 is 29.8 Å². The first-order valence-corrected chi connectivity index (χ1v) is 11.3. The summed E-state index contributed by atoms with van der Waals surface area (Å²) in [5.74, 6) is 1.00. The molecule has 36 heavy (non-hydrogen) atoms. The lowest BCUT2D eigenvalue weighted by molar-refractivity contribution is -0.363. The summed E-state index contributed by atoms with van der Waals surface area (Å²) in [5.41, 5.74) is 5.80. The van der Waals surface area contributed by atoms with Crippen molar-refractivity contribution in [3.63, 3.8) is 0 Å². The Hall–Kier alpha value is -4.37. The molecule has 4 N–H and O–H groups in total. The zero-order valence-electron chi connectivity index (χ0n) is 20.3. The van der Waals surface area contributed by atoms with Crippen LogP contribution in [0, 0.1) is 5.82 Å². The van der Waals surface area contributed by atoms with Crippen LogP contribution in [-0.2, 0) is 4.79 Å². The number of hydrogen-bond acceptors (Lipinski definition) is 5. The lowest BCUT2D eigenvalue weighted by Gasteiger charge is -2.21. The van der Waals surface area contributed by atoms with Crippen LogP contribution >= 0.6 is 0 Å². The number of methoxy groups -OCH3 is 1. The van der Waals surface area contributed by atoms with Crippen LogP contribution in [0.4, 0.5) is 10.1 Å². The maximum atomic E-state index is 13.2. The maximum absolute atomic E-state index is 13.2. The summed E-state index contributed by atoms with van der Waals surface area (Å²) in [6.07, 6.45) is 0. The van der Waals surface area contributed by atoms with Crippen LogP contribution in [0.3, 0.4) is 0 Å². The second-order valence-electron chi connectivity index (χ2n) is 8.01. The molecule has 0 saturated heterocycles. The predicted molar refractivity (Wildman–Crippen MR) is 134 cm³/mol. The average Bonchev–Trinajstić information content (AvgIpc) is 3.26. The van der Waals surface area contributed by atoms with E-state index < -0.39 is 0 Å². The molecule has 2 amide bonds. The number of quaternary nitrogens is 1. The summed E-state index contributed by atoms with van der Waals surface area (Å²) in [5, 5.41) is 3.21. The third-order valence-corrected chi connectivity index (χ3v) is 5.66. The van der Waals surface area contributed by atoms with Crippen molar-refractivity contribution >= 4 is 28.5 Å². The van der Waals surface area contributed by atoms with E-state index in [0.717, 1.165) is 0 Å². The van der Waals surface area contributed by atoms with Gasteiger partial charge in [0.05, 0.1) is 31.5 Å². The molecule has 0 atom stereocenters. The van der Waals surface area contributed by atoms with E-state index in [-0.39, 0.29) is 17.6 Å². The van der Waals surface area contributed by atoms with Gasteiger partial charge in [0.2, 0.25) is 5.91 Å². The van der Waals surface area contributed by atoms with Gasteiger partial charge in [-0.3, -0.25) is 9.59 Å². The zero-order valence-corrected chi connectivity index (χ0v) is 20.3. The first kappa shape index (κ1) is 24.7. The highest BCUT2D eigenvalue weighted by atomic mass is 19.1. The van der Waals surface area contributed by atoms with Gasteiger partial charge in [0.1, 0.15) is 34.4 Å². The lowest BCUT2D eigenvalue weighted by Crippen LogP contribution is -2.55. The number of rotatable bonds is 8. The van der Waals surface area contributed by atoms with Crippen molar-refractivity contribution in [2.24, 2.45) is 0 Å². The number of hydrogen-bond donors (Lipinski definition) is 2. The van der Waals surface area contributed by atoms with Gasteiger partial charge in [0.15, 0.2) is 0 Å². The van der Waals surface area contributed by atoms with Gasteiger partial charge in [-0.25, -0.2) is 4.39 Å². The minimum absolute atomic E-state index is 0.161. The van der Waals surface area contributed by atoms with Gasteiger partial charge >= 0.3 is 0 Å². The highest BCUT2D eigenvalue weighted by molar-refractivity contribution is 6.12. The van der Waals surface area contributed by atoms with Crippen LogP contribution < -0.4 is 25.4 Å². The molecule has 0 aliphatic heterocycles. The number of amides is 2. The second-order valence-corrected chi connectivity index (χ2v) is 8.01.